The summed E-state index contributed by atoms with van der Waals surface area (Å²) in [7, 11) is 1.69. The number of benzene rings is 2. The zero-order valence-corrected chi connectivity index (χ0v) is 12.5. The maximum atomic E-state index is 12.4. The average molecular weight is 314 g/mol. The van der Waals surface area contributed by atoms with Gasteiger partial charge in [0.05, 0.1) is 5.52 Å². The number of amides is 1. The lowest BCUT2D eigenvalue weighted by Crippen LogP contribution is -2.26. The summed E-state index contributed by atoms with van der Waals surface area (Å²) < 4.78 is 1.52. The summed E-state index contributed by atoms with van der Waals surface area (Å²) in [6, 6.07) is 13.7. The van der Waals surface area contributed by atoms with Crippen molar-refractivity contribution >= 4 is 34.1 Å². The first-order valence-corrected chi connectivity index (χ1v) is 6.97. The molecule has 0 saturated carbocycles. The van der Waals surface area contributed by atoms with E-state index in [0.717, 1.165) is 0 Å². The number of hydrogen-bond donors (Lipinski definition) is 1. The molecule has 0 fully saturated rings. The molecule has 6 heteroatoms. The molecule has 5 nitrogen and oxygen atoms in total. The highest BCUT2D eigenvalue weighted by molar-refractivity contribution is 6.30. The van der Waals surface area contributed by atoms with Crippen molar-refractivity contribution < 1.29 is 4.79 Å². The Hall–Kier alpha value is -2.66. The Labute approximate surface area is 131 Å². The van der Waals surface area contributed by atoms with Crippen molar-refractivity contribution in [1.29, 1.82) is 0 Å². The molecule has 0 atom stereocenters. The Kier molecular flexibility index (Phi) is 3.65. The molecule has 3 rings (SSSR count). The van der Waals surface area contributed by atoms with E-state index in [0.29, 0.717) is 21.6 Å². The summed E-state index contributed by atoms with van der Waals surface area (Å²) in [6.07, 6.45) is 0. The Morgan fingerprint density at radius 2 is 1.95 bits per heavy atom. The van der Waals surface area contributed by atoms with Gasteiger partial charge < -0.3 is 5.32 Å². The molecule has 3 aromatic rings. The first-order chi connectivity index (χ1) is 10.6. The van der Waals surface area contributed by atoms with Crippen LogP contribution in [0, 0.1) is 0 Å². The van der Waals surface area contributed by atoms with Gasteiger partial charge in [-0.3, -0.25) is 14.3 Å². The Balaban J connectivity index is 2.05. The molecule has 0 spiro atoms. The van der Waals surface area contributed by atoms with Gasteiger partial charge in [-0.1, -0.05) is 29.8 Å². The molecule has 22 heavy (non-hydrogen) atoms. The van der Waals surface area contributed by atoms with Crippen LogP contribution in [-0.2, 0) is 7.05 Å². The van der Waals surface area contributed by atoms with Crippen LogP contribution < -0.4 is 10.7 Å². The lowest BCUT2D eigenvalue weighted by Gasteiger charge is -2.08. The van der Waals surface area contributed by atoms with Crippen LogP contribution in [-0.4, -0.2) is 15.7 Å². The third-order valence-corrected chi connectivity index (χ3v) is 3.50. The van der Waals surface area contributed by atoms with Crippen molar-refractivity contribution in [3.63, 3.8) is 0 Å². The molecule has 1 aromatic heterocycles. The zero-order chi connectivity index (χ0) is 15.7. The molecule has 1 N–H and O–H groups in total. The van der Waals surface area contributed by atoms with Gasteiger partial charge in [-0.05, 0) is 30.3 Å². The number of rotatable bonds is 2. The molecule has 2 aromatic carbocycles. The van der Waals surface area contributed by atoms with Gasteiger partial charge in [-0.15, -0.1) is 0 Å². The minimum Gasteiger partial charge on any atom is -0.320 e. The van der Waals surface area contributed by atoms with Crippen LogP contribution in [0.25, 0.3) is 10.9 Å². The number of nitrogens with zero attached hydrogens (tertiary/aromatic N) is 2. The molecule has 0 radical (unpaired) electrons. The molecular formula is C16H12ClN3O2. The van der Waals surface area contributed by atoms with E-state index in [1.165, 1.54) is 4.68 Å². The number of para-hydroxylation sites is 1. The predicted molar refractivity (Wildman–Crippen MR) is 86.4 cm³/mol. The monoisotopic (exact) mass is 313 g/mol. The normalized spacial score (nSPS) is 10.6. The molecule has 0 aliphatic carbocycles. The Bertz CT molecular complexity index is 934. The summed E-state index contributed by atoms with van der Waals surface area (Å²) >= 11 is 5.88. The van der Waals surface area contributed by atoms with Crippen LogP contribution in [0.2, 0.25) is 5.02 Å². The van der Waals surface area contributed by atoms with E-state index < -0.39 is 11.3 Å². The summed E-state index contributed by atoms with van der Waals surface area (Å²) in [5, 5.41) is 7.66. The molecule has 0 aliphatic heterocycles. The fraction of sp³-hybridized carbons (Fsp3) is 0.0625. The number of halogens is 1. The summed E-state index contributed by atoms with van der Waals surface area (Å²) in [5.74, 6) is -0.561. The van der Waals surface area contributed by atoms with E-state index in [2.05, 4.69) is 10.4 Å². The number of carbonyl (C=O) groups excluding carboxylic acids is 1. The molecule has 110 valence electrons. The predicted octanol–water partition coefficient (Wildman–Crippen LogP) is 2.84. The minimum absolute atomic E-state index is 0.152. The van der Waals surface area contributed by atoms with E-state index in [9.17, 15) is 9.59 Å². The fourth-order valence-electron chi connectivity index (χ4n) is 2.23. The van der Waals surface area contributed by atoms with Crippen molar-refractivity contribution in [1.82, 2.24) is 9.78 Å². The number of hydrogen-bond acceptors (Lipinski definition) is 3. The first kappa shape index (κ1) is 14.3. The standard InChI is InChI=1S/C16H12ClN3O2/c1-20-13-8-3-2-7-12(13)15(21)14(19-20)16(22)18-11-6-4-5-10(17)9-11/h2-9H,1H3,(H,18,22). The number of aromatic nitrogens is 2. The van der Waals surface area contributed by atoms with Crippen LogP contribution in [0.1, 0.15) is 10.5 Å². The smallest absolute Gasteiger partial charge is 0.280 e. The highest BCUT2D eigenvalue weighted by Gasteiger charge is 2.16. The summed E-state index contributed by atoms with van der Waals surface area (Å²) in [6.45, 7) is 0. The van der Waals surface area contributed by atoms with E-state index in [4.69, 9.17) is 11.6 Å². The number of carbonyl (C=O) groups is 1. The quantitative estimate of drug-likeness (QED) is 0.791. The van der Waals surface area contributed by atoms with Gasteiger partial charge in [0.25, 0.3) is 5.91 Å². The van der Waals surface area contributed by atoms with Gasteiger partial charge in [-0.25, -0.2) is 0 Å². The number of aryl methyl sites for hydroxylation is 1. The number of nitrogens with one attached hydrogen (secondary N) is 1. The summed E-state index contributed by atoms with van der Waals surface area (Å²) in [5.41, 5.74) is 0.635. The van der Waals surface area contributed by atoms with Gasteiger partial charge >= 0.3 is 0 Å². The second-order valence-corrected chi connectivity index (χ2v) is 5.22. The van der Waals surface area contributed by atoms with Gasteiger partial charge in [0.15, 0.2) is 5.69 Å². The third kappa shape index (κ3) is 2.58. The molecular weight excluding hydrogens is 302 g/mol. The van der Waals surface area contributed by atoms with E-state index in [1.807, 2.05) is 6.07 Å². The summed E-state index contributed by atoms with van der Waals surface area (Å²) in [4.78, 5) is 24.7. The van der Waals surface area contributed by atoms with Gasteiger partial charge in [0.1, 0.15) is 0 Å². The average Bonchev–Trinajstić information content (AvgIpc) is 2.51. The number of fused-ring (bicyclic) bond motifs is 1. The highest BCUT2D eigenvalue weighted by Crippen LogP contribution is 2.15. The lowest BCUT2D eigenvalue weighted by atomic mass is 10.2. The topological polar surface area (TPSA) is 64.0 Å². The molecule has 0 unspecified atom stereocenters. The van der Waals surface area contributed by atoms with Crippen molar-refractivity contribution in [3.8, 4) is 0 Å². The molecule has 1 amide bonds. The van der Waals surface area contributed by atoms with Crippen LogP contribution in [0.3, 0.4) is 0 Å². The van der Waals surface area contributed by atoms with Crippen LogP contribution in [0.15, 0.2) is 53.3 Å². The Morgan fingerprint density at radius 3 is 2.73 bits per heavy atom. The third-order valence-electron chi connectivity index (χ3n) is 3.26. The second kappa shape index (κ2) is 5.61. The molecule has 0 aliphatic rings. The highest BCUT2D eigenvalue weighted by atomic mass is 35.5. The van der Waals surface area contributed by atoms with Gasteiger partial charge in [-0.2, -0.15) is 5.10 Å². The molecule has 1 heterocycles. The molecule has 0 bridgehead atoms. The first-order valence-electron chi connectivity index (χ1n) is 6.59. The number of anilines is 1. The van der Waals surface area contributed by atoms with Gasteiger partial charge in [0.2, 0.25) is 5.43 Å². The maximum Gasteiger partial charge on any atom is 0.280 e. The largest absolute Gasteiger partial charge is 0.320 e. The van der Waals surface area contributed by atoms with Crippen LogP contribution >= 0.6 is 11.6 Å². The fourth-order valence-corrected chi connectivity index (χ4v) is 2.42. The van der Waals surface area contributed by atoms with Crippen LogP contribution in [0.4, 0.5) is 5.69 Å². The second-order valence-electron chi connectivity index (χ2n) is 4.78. The lowest BCUT2D eigenvalue weighted by molar-refractivity contribution is 0.101. The van der Waals surface area contributed by atoms with Crippen molar-refractivity contribution in [3.05, 3.63) is 69.5 Å². The zero-order valence-electron chi connectivity index (χ0n) is 11.7. The minimum atomic E-state index is -0.561. The van der Waals surface area contributed by atoms with Gasteiger partial charge in [0, 0.05) is 23.1 Å². The molecule has 0 saturated heterocycles. The van der Waals surface area contributed by atoms with Crippen LogP contribution in [0.5, 0.6) is 0 Å². The van der Waals surface area contributed by atoms with E-state index >= 15 is 0 Å². The van der Waals surface area contributed by atoms with Crippen molar-refractivity contribution in [2.75, 3.05) is 5.32 Å². The van der Waals surface area contributed by atoms with Crippen molar-refractivity contribution in [2.24, 2.45) is 7.05 Å². The Morgan fingerprint density at radius 1 is 1.18 bits per heavy atom. The van der Waals surface area contributed by atoms with Crippen molar-refractivity contribution in [2.45, 2.75) is 0 Å². The van der Waals surface area contributed by atoms with E-state index in [-0.39, 0.29) is 5.69 Å². The SMILES string of the molecule is Cn1nc(C(=O)Nc2cccc(Cl)c2)c(=O)c2ccccc21. The maximum absolute atomic E-state index is 12.4. The van der Waals surface area contributed by atoms with E-state index in [1.54, 1.807) is 49.5 Å².